The SMILES string of the molecule is CCC1C(=O)NC(=O)CN1c1ccc2c(c1)NC(=O)C2O. The fourth-order valence-corrected chi connectivity index (χ4v) is 2.76. The van der Waals surface area contributed by atoms with Crippen LogP contribution in [-0.2, 0) is 14.4 Å². The first kappa shape index (κ1) is 13.6. The molecule has 21 heavy (non-hydrogen) atoms. The van der Waals surface area contributed by atoms with Crippen LogP contribution in [0.3, 0.4) is 0 Å². The zero-order chi connectivity index (χ0) is 15.1. The van der Waals surface area contributed by atoms with Gasteiger partial charge in [-0.25, -0.2) is 0 Å². The van der Waals surface area contributed by atoms with Crippen molar-refractivity contribution in [3.05, 3.63) is 23.8 Å². The molecule has 0 aliphatic carbocycles. The molecule has 0 saturated carbocycles. The van der Waals surface area contributed by atoms with E-state index in [0.717, 1.165) is 0 Å². The molecule has 2 unspecified atom stereocenters. The molecular weight excluding hydrogens is 274 g/mol. The van der Waals surface area contributed by atoms with E-state index in [2.05, 4.69) is 10.6 Å². The second-order valence-electron chi connectivity index (χ2n) is 5.13. The number of benzene rings is 1. The topological polar surface area (TPSA) is 98.7 Å². The Morgan fingerprint density at radius 3 is 2.71 bits per heavy atom. The molecule has 7 nitrogen and oxygen atoms in total. The maximum atomic E-state index is 11.9. The normalized spacial score (nSPS) is 24.7. The first-order chi connectivity index (χ1) is 10.0. The van der Waals surface area contributed by atoms with Gasteiger partial charge in [0, 0.05) is 16.9 Å². The number of imide groups is 1. The Kier molecular flexibility index (Phi) is 3.13. The fraction of sp³-hybridized carbons (Fsp3) is 0.357. The van der Waals surface area contributed by atoms with E-state index >= 15 is 0 Å². The summed E-state index contributed by atoms with van der Waals surface area (Å²) in [6.45, 7) is 1.95. The number of rotatable bonds is 2. The summed E-state index contributed by atoms with van der Waals surface area (Å²) in [4.78, 5) is 36.6. The summed E-state index contributed by atoms with van der Waals surface area (Å²) in [7, 11) is 0. The van der Waals surface area contributed by atoms with E-state index in [0.29, 0.717) is 23.4 Å². The second-order valence-corrected chi connectivity index (χ2v) is 5.13. The molecule has 2 atom stereocenters. The molecule has 3 N–H and O–H groups in total. The third-order valence-corrected chi connectivity index (χ3v) is 3.81. The van der Waals surface area contributed by atoms with Crippen LogP contribution in [0.5, 0.6) is 0 Å². The van der Waals surface area contributed by atoms with Crippen LogP contribution in [0.4, 0.5) is 11.4 Å². The van der Waals surface area contributed by atoms with E-state index in [1.165, 1.54) is 0 Å². The fourth-order valence-electron chi connectivity index (χ4n) is 2.76. The van der Waals surface area contributed by atoms with Crippen molar-refractivity contribution in [2.24, 2.45) is 0 Å². The summed E-state index contributed by atoms with van der Waals surface area (Å²) < 4.78 is 0. The number of aliphatic hydroxyl groups excluding tert-OH is 1. The Hall–Kier alpha value is -2.41. The Bertz CT molecular complexity index is 643. The minimum Gasteiger partial charge on any atom is -0.378 e. The van der Waals surface area contributed by atoms with Crippen LogP contribution in [0.1, 0.15) is 25.0 Å². The minimum atomic E-state index is -1.16. The predicted molar refractivity (Wildman–Crippen MR) is 74.6 cm³/mol. The van der Waals surface area contributed by atoms with Crippen molar-refractivity contribution >= 4 is 29.1 Å². The lowest BCUT2D eigenvalue weighted by Crippen LogP contribution is -2.58. The lowest BCUT2D eigenvalue weighted by Gasteiger charge is -2.35. The first-order valence-electron chi connectivity index (χ1n) is 6.74. The number of piperazine rings is 1. The van der Waals surface area contributed by atoms with E-state index in [4.69, 9.17) is 0 Å². The van der Waals surface area contributed by atoms with Crippen molar-refractivity contribution in [3.8, 4) is 0 Å². The van der Waals surface area contributed by atoms with Gasteiger partial charge in [-0.1, -0.05) is 13.0 Å². The summed E-state index contributed by atoms with van der Waals surface area (Å²) in [5, 5.41) is 14.6. The largest absolute Gasteiger partial charge is 0.378 e. The van der Waals surface area contributed by atoms with Gasteiger partial charge in [-0.3, -0.25) is 19.7 Å². The van der Waals surface area contributed by atoms with Crippen LogP contribution in [0.2, 0.25) is 0 Å². The maximum Gasteiger partial charge on any atom is 0.257 e. The molecule has 7 heteroatoms. The van der Waals surface area contributed by atoms with Crippen LogP contribution in [0.25, 0.3) is 0 Å². The molecule has 1 fully saturated rings. The van der Waals surface area contributed by atoms with E-state index in [-0.39, 0.29) is 18.4 Å². The van der Waals surface area contributed by atoms with Crippen molar-refractivity contribution in [1.82, 2.24) is 5.32 Å². The average Bonchev–Trinajstić information content (AvgIpc) is 2.73. The number of carbonyl (C=O) groups is 3. The Morgan fingerprint density at radius 2 is 2.00 bits per heavy atom. The Labute approximate surface area is 120 Å². The van der Waals surface area contributed by atoms with Crippen LogP contribution in [0.15, 0.2) is 18.2 Å². The first-order valence-corrected chi connectivity index (χ1v) is 6.74. The maximum absolute atomic E-state index is 11.9. The zero-order valence-electron chi connectivity index (χ0n) is 11.4. The molecule has 1 aromatic carbocycles. The third kappa shape index (κ3) is 2.15. The van der Waals surface area contributed by atoms with Gasteiger partial charge in [0.2, 0.25) is 11.8 Å². The van der Waals surface area contributed by atoms with E-state index in [9.17, 15) is 19.5 Å². The zero-order valence-corrected chi connectivity index (χ0v) is 11.4. The molecule has 2 aliphatic heterocycles. The number of hydrogen-bond donors (Lipinski definition) is 3. The van der Waals surface area contributed by atoms with Gasteiger partial charge >= 0.3 is 0 Å². The molecule has 0 bridgehead atoms. The van der Waals surface area contributed by atoms with Crippen LogP contribution in [-0.4, -0.2) is 35.4 Å². The second kappa shape index (κ2) is 4.85. The quantitative estimate of drug-likeness (QED) is 0.661. The van der Waals surface area contributed by atoms with Crippen molar-refractivity contribution in [2.75, 3.05) is 16.8 Å². The van der Waals surface area contributed by atoms with Gasteiger partial charge in [-0.15, -0.1) is 0 Å². The Balaban J connectivity index is 1.97. The van der Waals surface area contributed by atoms with E-state index in [1.807, 2.05) is 6.92 Å². The highest BCUT2D eigenvalue weighted by molar-refractivity contribution is 6.05. The Morgan fingerprint density at radius 1 is 1.24 bits per heavy atom. The summed E-state index contributed by atoms with van der Waals surface area (Å²) in [6, 6.07) is 4.59. The molecule has 0 radical (unpaired) electrons. The summed E-state index contributed by atoms with van der Waals surface area (Å²) in [5.74, 6) is -1.14. The number of amides is 3. The molecule has 3 amide bonds. The smallest absolute Gasteiger partial charge is 0.257 e. The lowest BCUT2D eigenvalue weighted by atomic mass is 10.1. The molecular formula is C14H15N3O4. The van der Waals surface area contributed by atoms with Gasteiger partial charge < -0.3 is 15.3 Å². The average molecular weight is 289 g/mol. The van der Waals surface area contributed by atoms with Gasteiger partial charge in [0.1, 0.15) is 6.04 Å². The minimum absolute atomic E-state index is 0.0829. The predicted octanol–water partition coefficient (Wildman–Crippen LogP) is -0.0865. The number of carbonyl (C=O) groups excluding carboxylic acids is 3. The molecule has 1 saturated heterocycles. The van der Waals surface area contributed by atoms with Crippen LogP contribution < -0.4 is 15.5 Å². The van der Waals surface area contributed by atoms with Gasteiger partial charge in [0.05, 0.1) is 6.54 Å². The number of nitrogens with zero attached hydrogens (tertiary/aromatic N) is 1. The number of nitrogens with one attached hydrogen (secondary N) is 2. The van der Waals surface area contributed by atoms with Crippen LogP contribution >= 0.6 is 0 Å². The van der Waals surface area contributed by atoms with Crippen molar-refractivity contribution in [3.63, 3.8) is 0 Å². The standard InChI is InChI=1S/C14H15N3O4/c1-2-10-13(20)16-11(18)6-17(10)7-3-4-8-9(5-7)15-14(21)12(8)19/h3-5,10,12,19H,2,6H2,1H3,(H,15,21)(H,16,18,20). The number of aliphatic hydroxyl groups is 1. The van der Waals surface area contributed by atoms with Crippen molar-refractivity contribution in [2.45, 2.75) is 25.5 Å². The summed E-state index contributed by atoms with van der Waals surface area (Å²) in [5.41, 5.74) is 1.68. The highest BCUT2D eigenvalue weighted by atomic mass is 16.3. The molecule has 2 aliphatic rings. The van der Waals surface area contributed by atoms with E-state index < -0.39 is 18.1 Å². The highest BCUT2D eigenvalue weighted by Gasteiger charge is 2.34. The van der Waals surface area contributed by atoms with Gasteiger partial charge in [0.15, 0.2) is 6.10 Å². The molecule has 3 rings (SSSR count). The molecule has 2 heterocycles. The number of hydrogen-bond acceptors (Lipinski definition) is 5. The summed E-state index contributed by atoms with van der Waals surface area (Å²) in [6.07, 6.45) is -0.604. The number of anilines is 2. The number of fused-ring (bicyclic) bond motifs is 1. The monoisotopic (exact) mass is 289 g/mol. The van der Waals surface area contributed by atoms with Crippen molar-refractivity contribution in [1.29, 1.82) is 0 Å². The van der Waals surface area contributed by atoms with E-state index in [1.54, 1.807) is 23.1 Å². The van der Waals surface area contributed by atoms with Gasteiger partial charge in [0.25, 0.3) is 5.91 Å². The highest BCUT2D eigenvalue weighted by Crippen LogP contribution is 2.34. The third-order valence-electron chi connectivity index (χ3n) is 3.81. The lowest BCUT2D eigenvalue weighted by molar-refractivity contribution is -0.133. The van der Waals surface area contributed by atoms with Gasteiger partial charge in [-0.2, -0.15) is 0 Å². The molecule has 0 aromatic heterocycles. The molecule has 0 spiro atoms. The van der Waals surface area contributed by atoms with Gasteiger partial charge in [-0.05, 0) is 18.6 Å². The molecule has 110 valence electrons. The summed E-state index contributed by atoms with van der Waals surface area (Å²) >= 11 is 0. The van der Waals surface area contributed by atoms with Crippen molar-refractivity contribution < 1.29 is 19.5 Å². The molecule has 1 aromatic rings. The van der Waals surface area contributed by atoms with Crippen LogP contribution in [0, 0.1) is 0 Å².